The van der Waals surface area contributed by atoms with Gasteiger partial charge in [-0.15, -0.1) is 12.3 Å². The minimum Gasteiger partial charge on any atom is -0.192 e. The van der Waals surface area contributed by atoms with E-state index in [4.69, 9.17) is 6.42 Å². The third-order valence-electron chi connectivity index (χ3n) is 5.70. The fourth-order valence-corrected chi connectivity index (χ4v) is 8.67. The number of rotatable bonds is 6. The standard InChI is InChI=1S/C28H24NP/c1-2-3-4-7-14-23-21-26(22-29)30(24-15-8-5-9-16-24,25-17-10-6-11-18-25)28-20-13-12-19-27(23)28/h1,5-6,8-13,15-21H,3-4,7,14H2. The zero-order valence-electron chi connectivity index (χ0n) is 17.0. The van der Waals surface area contributed by atoms with Gasteiger partial charge >= 0.3 is 0 Å². The van der Waals surface area contributed by atoms with Crippen LogP contribution in [0.15, 0.2) is 91.0 Å². The van der Waals surface area contributed by atoms with Crippen LogP contribution in [0.5, 0.6) is 0 Å². The predicted octanol–water partition coefficient (Wildman–Crippen LogP) is 5.27. The van der Waals surface area contributed by atoms with Crippen molar-refractivity contribution in [3.63, 3.8) is 0 Å². The number of nitrogens with zero attached hydrogens (tertiary/aromatic N) is 1. The van der Waals surface area contributed by atoms with E-state index in [1.54, 1.807) is 0 Å². The number of benzene rings is 3. The van der Waals surface area contributed by atoms with Gasteiger partial charge in [-0.1, -0.05) is 84.9 Å². The molecular formula is C28H24NP. The van der Waals surface area contributed by atoms with Crippen LogP contribution >= 0.6 is 6.89 Å². The number of unbranched alkanes of at least 4 members (excludes halogenated alkanes) is 2. The first-order valence-electron chi connectivity index (χ1n) is 10.3. The lowest BCUT2D eigenvalue weighted by Crippen LogP contribution is -2.33. The first kappa shape index (κ1) is 20.0. The van der Waals surface area contributed by atoms with E-state index in [9.17, 15) is 5.26 Å². The molecule has 0 bridgehead atoms. The third kappa shape index (κ3) is 3.44. The van der Waals surface area contributed by atoms with Gasteiger partial charge in [0.2, 0.25) is 0 Å². The summed E-state index contributed by atoms with van der Waals surface area (Å²) in [6.45, 7) is -2.23. The summed E-state index contributed by atoms with van der Waals surface area (Å²) in [5.74, 6) is 2.73. The molecule has 0 spiro atoms. The zero-order valence-corrected chi connectivity index (χ0v) is 17.9. The van der Waals surface area contributed by atoms with Crippen LogP contribution in [-0.4, -0.2) is 5.29 Å². The van der Waals surface area contributed by atoms with Gasteiger partial charge in [0.05, 0.1) is 5.29 Å². The molecule has 2 heteroatoms. The Bertz CT molecular complexity index is 1160. The summed E-state index contributed by atoms with van der Waals surface area (Å²) in [5, 5.41) is 15.0. The Balaban J connectivity index is 2.04. The SMILES string of the molecule is C#CCCCCC1=CC(C#N)=P(c2ccccc2)(c2ccccc2)c2ccccc21. The molecule has 0 aromatic heterocycles. The van der Waals surface area contributed by atoms with Gasteiger partial charge in [0.25, 0.3) is 0 Å². The van der Waals surface area contributed by atoms with Crippen molar-refractivity contribution in [1.82, 2.24) is 0 Å². The molecular weight excluding hydrogens is 381 g/mol. The first-order chi connectivity index (χ1) is 14.8. The first-order valence-corrected chi connectivity index (χ1v) is 12.1. The lowest BCUT2D eigenvalue weighted by Gasteiger charge is -2.35. The van der Waals surface area contributed by atoms with E-state index in [2.05, 4.69) is 90.9 Å². The van der Waals surface area contributed by atoms with E-state index in [-0.39, 0.29) is 0 Å². The maximum Gasteiger partial charge on any atom is 0.100 e. The van der Waals surface area contributed by atoms with E-state index >= 15 is 0 Å². The quantitative estimate of drug-likeness (QED) is 0.311. The molecule has 0 amide bonds. The maximum absolute atomic E-state index is 10.4. The molecule has 1 aliphatic heterocycles. The molecule has 0 saturated carbocycles. The highest BCUT2D eigenvalue weighted by molar-refractivity contribution is 7.96. The van der Waals surface area contributed by atoms with Crippen molar-refractivity contribution in [2.24, 2.45) is 0 Å². The van der Waals surface area contributed by atoms with Crippen molar-refractivity contribution in [3.8, 4) is 18.4 Å². The monoisotopic (exact) mass is 405 g/mol. The minimum atomic E-state index is -2.23. The van der Waals surface area contributed by atoms with Gasteiger partial charge in [-0.3, -0.25) is 0 Å². The molecule has 4 rings (SSSR count). The van der Waals surface area contributed by atoms with Crippen molar-refractivity contribution in [3.05, 3.63) is 96.6 Å². The average Bonchev–Trinajstić information content (AvgIpc) is 2.82. The third-order valence-corrected chi connectivity index (χ3v) is 9.91. The number of hydrogen-bond acceptors (Lipinski definition) is 1. The molecule has 1 nitrogen and oxygen atoms in total. The van der Waals surface area contributed by atoms with Crippen LogP contribution in [0, 0.1) is 23.7 Å². The van der Waals surface area contributed by atoms with E-state index in [1.165, 1.54) is 27.1 Å². The Labute approximate surface area is 179 Å². The molecule has 0 radical (unpaired) electrons. The van der Waals surface area contributed by atoms with E-state index in [0.717, 1.165) is 31.0 Å². The number of hydrogen-bond donors (Lipinski definition) is 0. The molecule has 146 valence electrons. The molecule has 30 heavy (non-hydrogen) atoms. The normalized spacial score (nSPS) is 14.2. The van der Waals surface area contributed by atoms with Gasteiger partial charge < -0.3 is 0 Å². The zero-order chi connectivity index (χ0) is 20.8. The highest BCUT2D eigenvalue weighted by Gasteiger charge is 2.34. The van der Waals surface area contributed by atoms with E-state index < -0.39 is 6.89 Å². The fraction of sp³-hybridized carbons (Fsp3) is 0.143. The molecule has 1 heterocycles. The van der Waals surface area contributed by atoms with Crippen LogP contribution in [0.1, 0.15) is 31.2 Å². The smallest absolute Gasteiger partial charge is 0.100 e. The van der Waals surface area contributed by atoms with Crippen LogP contribution in [0.2, 0.25) is 0 Å². The minimum absolute atomic E-state index is 0.800. The highest BCUT2D eigenvalue weighted by atomic mass is 31.2. The average molecular weight is 405 g/mol. The Morgan fingerprint density at radius 3 is 1.97 bits per heavy atom. The molecule has 1 aliphatic rings. The van der Waals surface area contributed by atoms with E-state index in [0.29, 0.717) is 0 Å². The van der Waals surface area contributed by atoms with Crippen LogP contribution in [0.25, 0.3) is 5.57 Å². The molecule has 0 unspecified atom stereocenters. The summed E-state index contributed by atoms with van der Waals surface area (Å²) < 4.78 is 0. The van der Waals surface area contributed by atoms with Crippen LogP contribution in [0.4, 0.5) is 0 Å². The van der Waals surface area contributed by atoms with E-state index in [1.807, 2.05) is 12.1 Å². The van der Waals surface area contributed by atoms with Crippen LogP contribution < -0.4 is 15.9 Å². The Morgan fingerprint density at radius 2 is 1.37 bits per heavy atom. The summed E-state index contributed by atoms with van der Waals surface area (Å²) in [7, 11) is 0. The van der Waals surface area contributed by atoms with Gasteiger partial charge in [0.1, 0.15) is 6.07 Å². The highest BCUT2D eigenvalue weighted by Crippen LogP contribution is 2.50. The second-order valence-electron chi connectivity index (χ2n) is 7.44. The molecule has 0 atom stereocenters. The summed E-state index contributed by atoms with van der Waals surface area (Å²) >= 11 is 0. The van der Waals surface area contributed by atoms with Crippen LogP contribution in [0.3, 0.4) is 0 Å². The second-order valence-corrected chi connectivity index (χ2v) is 10.8. The lowest BCUT2D eigenvalue weighted by molar-refractivity contribution is 0.780. The van der Waals surface area contributed by atoms with Gasteiger partial charge in [-0.05, 0) is 59.3 Å². The summed E-state index contributed by atoms with van der Waals surface area (Å²) in [6.07, 6.45) is 11.4. The largest absolute Gasteiger partial charge is 0.192 e. The van der Waals surface area contributed by atoms with Crippen molar-refractivity contribution in [2.75, 3.05) is 0 Å². The summed E-state index contributed by atoms with van der Waals surface area (Å²) in [5.41, 5.74) is 2.53. The Hall–Kier alpha value is -3.25. The van der Waals surface area contributed by atoms with Crippen LogP contribution in [-0.2, 0) is 0 Å². The number of terminal acetylenes is 1. The van der Waals surface area contributed by atoms with Gasteiger partial charge in [-0.25, -0.2) is 0 Å². The summed E-state index contributed by atoms with van der Waals surface area (Å²) in [6, 6.07) is 32.4. The number of nitriles is 1. The van der Waals surface area contributed by atoms with Crippen molar-refractivity contribution >= 4 is 33.7 Å². The van der Waals surface area contributed by atoms with Crippen molar-refractivity contribution in [2.45, 2.75) is 25.7 Å². The molecule has 3 aromatic carbocycles. The van der Waals surface area contributed by atoms with Crippen molar-refractivity contribution in [1.29, 1.82) is 5.26 Å². The Kier molecular flexibility index (Phi) is 6.05. The predicted molar refractivity (Wildman–Crippen MR) is 131 cm³/mol. The summed E-state index contributed by atoms with van der Waals surface area (Å²) in [4.78, 5) is 0. The fourth-order valence-electron chi connectivity index (χ4n) is 4.37. The molecule has 3 aromatic rings. The number of fused-ring (bicyclic) bond motifs is 1. The van der Waals surface area contributed by atoms with Gasteiger partial charge in [0, 0.05) is 6.42 Å². The topological polar surface area (TPSA) is 23.8 Å². The molecule has 0 aliphatic carbocycles. The van der Waals surface area contributed by atoms with Gasteiger partial charge in [0.15, 0.2) is 0 Å². The maximum atomic E-state index is 10.4. The van der Waals surface area contributed by atoms with Crippen molar-refractivity contribution < 1.29 is 0 Å². The molecule has 0 saturated heterocycles. The lowest BCUT2D eigenvalue weighted by atomic mass is 9.98. The Morgan fingerprint density at radius 1 is 0.767 bits per heavy atom. The molecule has 0 fully saturated rings. The molecule has 0 N–H and O–H groups in total. The second kappa shape index (κ2) is 9.05. The number of allylic oxidation sites excluding steroid dienone is 2. The van der Waals surface area contributed by atoms with Gasteiger partial charge in [-0.2, -0.15) is 5.26 Å².